The fraction of sp³-hybridized carbons (Fsp3) is 0.750. The topological polar surface area (TPSA) is 33.1 Å². The number of nitrogens with zero attached hydrogens (tertiary/aromatic N) is 3. The van der Waals surface area contributed by atoms with E-state index >= 15 is 0 Å². The molecule has 0 saturated carbocycles. The van der Waals surface area contributed by atoms with Gasteiger partial charge in [-0.05, 0) is 26.9 Å². The molecule has 4 heteroatoms. The third-order valence-corrected chi connectivity index (χ3v) is 2.97. The predicted molar refractivity (Wildman–Crippen MR) is 68.7 cm³/mol. The lowest BCUT2D eigenvalue weighted by Gasteiger charge is -2.18. The summed E-state index contributed by atoms with van der Waals surface area (Å²) in [5.74, 6) is 1.16. The van der Waals surface area contributed by atoms with Gasteiger partial charge in [-0.1, -0.05) is 13.8 Å². The van der Waals surface area contributed by atoms with Crippen LogP contribution in [0.3, 0.4) is 0 Å². The number of aryl methyl sites for hydroxylation is 2. The van der Waals surface area contributed by atoms with E-state index in [0.29, 0.717) is 0 Å². The minimum absolute atomic E-state index is 0.935. The fourth-order valence-electron chi connectivity index (χ4n) is 1.95. The van der Waals surface area contributed by atoms with E-state index in [9.17, 15) is 0 Å². The third kappa shape index (κ3) is 2.76. The van der Waals surface area contributed by atoms with Crippen LogP contribution >= 0.6 is 0 Å². The van der Waals surface area contributed by atoms with Crippen molar-refractivity contribution in [1.29, 1.82) is 0 Å². The molecule has 0 aromatic carbocycles. The first kappa shape index (κ1) is 13.0. The second-order valence-corrected chi connectivity index (χ2v) is 4.03. The Kier molecular flexibility index (Phi) is 4.80. The van der Waals surface area contributed by atoms with Crippen molar-refractivity contribution in [2.24, 2.45) is 7.05 Å². The highest BCUT2D eigenvalue weighted by Crippen LogP contribution is 2.20. The lowest BCUT2D eigenvalue weighted by molar-refractivity contribution is 0.295. The van der Waals surface area contributed by atoms with Crippen molar-refractivity contribution in [2.75, 3.05) is 25.0 Å². The highest BCUT2D eigenvalue weighted by Gasteiger charge is 2.14. The number of rotatable bonds is 6. The summed E-state index contributed by atoms with van der Waals surface area (Å²) in [4.78, 5) is 2.41. The van der Waals surface area contributed by atoms with Gasteiger partial charge in [0.2, 0.25) is 0 Å². The van der Waals surface area contributed by atoms with Gasteiger partial charge in [0.15, 0.2) is 0 Å². The molecule has 1 aromatic heterocycles. The molecule has 1 rings (SSSR count). The zero-order chi connectivity index (χ0) is 12.1. The normalized spacial score (nSPS) is 11.1. The van der Waals surface area contributed by atoms with Crippen molar-refractivity contribution in [3.63, 3.8) is 0 Å². The molecule has 0 unspecified atom stereocenters. The second-order valence-electron chi connectivity index (χ2n) is 4.03. The Labute approximate surface area is 98.6 Å². The minimum Gasteiger partial charge on any atom is -0.370 e. The van der Waals surface area contributed by atoms with Crippen LogP contribution in [-0.2, 0) is 13.6 Å². The first-order chi connectivity index (χ1) is 7.63. The molecular weight excluding hydrogens is 200 g/mol. The molecule has 0 fully saturated rings. The molecule has 0 radical (unpaired) electrons. The smallest absolute Gasteiger partial charge is 0.128 e. The van der Waals surface area contributed by atoms with E-state index in [2.05, 4.69) is 43.0 Å². The molecule has 1 aromatic rings. The van der Waals surface area contributed by atoms with Crippen molar-refractivity contribution in [1.82, 2.24) is 14.7 Å². The number of hydrogen-bond acceptors (Lipinski definition) is 3. The SMILES string of the molecule is CCNc1c(CN(CC)CC)c(C)nn1C. The van der Waals surface area contributed by atoms with Gasteiger partial charge < -0.3 is 5.32 Å². The average molecular weight is 224 g/mol. The third-order valence-electron chi connectivity index (χ3n) is 2.97. The van der Waals surface area contributed by atoms with E-state index in [-0.39, 0.29) is 0 Å². The second kappa shape index (κ2) is 5.89. The van der Waals surface area contributed by atoms with Gasteiger partial charge in [-0.2, -0.15) is 5.10 Å². The van der Waals surface area contributed by atoms with E-state index < -0.39 is 0 Å². The van der Waals surface area contributed by atoms with Crippen LogP contribution < -0.4 is 5.32 Å². The fourth-order valence-corrected chi connectivity index (χ4v) is 1.95. The number of anilines is 1. The highest BCUT2D eigenvalue weighted by molar-refractivity contribution is 5.47. The van der Waals surface area contributed by atoms with Crippen molar-refractivity contribution >= 4 is 5.82 Å². The maximum Gasteiger partial charge on any atom is 0.128 e. The van der Waals surface area contributed by atoms with Crippen LogP contribution in [0.1, 0.15) is 32.0 Å². The Morgan fingerprint density at radius 3 is 2.38 bits per heavy atom. The number of nitrogens with one attached hydrogen (secondary N) is 1. The quantitative estimate of drug-likeness (QED) is 0.802. The molecular formula is C12H24N4. The summed E-state index contributed by atoms with van der Waals surface area (Å²) >= 11 is 0. The summed E-state index contributed by atoms with van der Waals surface area (Å²) in [7, 11) is 2.00. The molecule has 16 heavy (non-hydrogen) atoms. The molecule has 4 nitrogen and oxygen atoms in total. The summed E-state index contributed by atoms with van der Waals surface area (Å²) in [6, 6.07) is 0. The molecule has 0 saturated heterocycles. The molecule has 1 N–H and O–H groups in total. The standard InChI is InChI=1S/C12H24N4/c1-6-13-12-11(9-16(7-2)8-3)10(4)14-15(12)5/h13H,6-9H2,1-5H3. The summed E-state index contributed by atoms with van der Waals surface area (Å²) < 4.78 is 1.94. The van der Waals surface area contributed by atoms with E-state index in [4.69, 9.17) is 0 Å². The van der Waals surface area contributed by atoms with E-state index in [1.54, 1.807) is 0 Å². The van der Waals surface area contributed by atoms with Gasteiger partial charge >= 0.3 is 0 Å². The Bertz CT molecular complexity index is 326. The average Bonchev–Trinajstić information content (AvgIpc) is 2.52. The van der Waals surface area contributed by atoms with E-state index in [1.165, 1.54) is 5.56 Å². The molecule has 0 aliphatic carbocycles. The first-order valence-electron chi connectivity index (χ1n) is 6.12. The summed E-state index contributed by atoms with van der Waals surface area (Å²) in [5, 5.41) is 7.87. The van der Waals surface area contributed by atoms with Crippen molar-refractivity contribution in [2.45, 2.75) is 34.2 Å². The van der Waals surface area contributed by atoms with Gasteiger partial charge in [0, 0.05) is 25.7 Å². The predicted octanol–water partition coefficient (Wildman–Crippen LogP) is 2.00. The number of hydrogen-bond donors (Lipinski definition) is 1. The van der Waals surface area contributed by atoms with Crippen LogP contribution in [0.25, 0.3) is 0 Å². The molecule has 0 amide bonds. The van der Waals surface area contributed by atoms with Crippen LogP contribution in [0, 0.1) is 6.92 Å². The Morgan fingerprint density at radius 1 is 1.25 bits per heavy atom. The monoisotopic (exact) mass is 224 g/mol. The Morgan fingerprint density at radius 2 is 1.88 bits per heavy atom. The molecule has 0 aliphatic heterocycles. The summed E-state index contributed by atoms with van der Waals surface area (Å²) in [5.41, 5.74) is 2.46. The Hall–Kier alpha value is -1.03. The van der Waals surface area contributed by atoms with Gasteiger partial charge in [0.25, 0.3) is 0 Å². The molecule has 92 valence electrons. The lowest BCUT2D eigenvalue weighted by Crippen LogP contribution is -2.23. The Balaban J connectivity index is 2.92. The van der Waals surface area contributed by atoms with Crippen LogP contribution in [0.5, 0.6) is 0 Å². The molecule has 0 aliphatic rings. The molecule has 0 atom stereocenters. The highest BCUT2D eigenvalue weighted by atomic mass is 15.3. The maximum atomic E-state index is 4.48. The van der Waals surface area contributed by atoms with Crippen LogP contribution in [0.15, 0.2) is 0 Å². The van der Waals surface area contributed by atoms with Crippen molar-refractivity contribution < 1.29 is 0 Å². The molecule has 0 bridgehead atoms. The summed E-state index contributed by atoms with van der Waals surface area (Å²) in [6.07, 6.45) is 0. The van der Waals surface area contributed by atoms with Gasteiger partial charge in [-0.15, -0.1) is 0 Å². The number of aromatic nitrogens is 2. The molecule has 1 heterocycles. The van der Waals surface area contributed by atoms with Crippen LogP contribution in [0.2, 0.25) is 0 Å². The molecule has 0 spiro atoms. The van der Waals surface area contributed by atoms with Crippen molar-refractivity contribution in [3.05, 3.63) is 11.3 Å². The largest absolute Gasteiger partial charge is 0.370 e. The first-order valence-corrected chi connectivity index (χ1v) is 6.12. The van der Waals surface area contributed by atoms with Gasteiger partial charge in [0.05, 0.1) is 5.69 Å². The minimum atomic E-state index is 0.935. The summed E-state index contributed by atoms with van der Waals surface area (Å²) in [6.45, 7) is 12.7. The van der Waals surface area contributed by atoms with Crippen LogP contribution in [0.4, 0.5) is 5.82 Å². The maximum absolute atomic E-state index is 4.48. The van der Waals surface area contributed by atoms with Crippen molar-refractivity contribution in [3.8, 4) is 0 Å². The van der Waals surface area contributed by atoms with E-state index in [1.807, 2.05) is 11.7 Å². The van der Waals surface area contributed by atoms with Gasteiger partial charge in [-0.25, -0.2) is 0 Å². The van der Waals surface area contributed by atoms with E-state index in [0.717, 1.165) is 37.7 Å². The zero-order valence-electron chi connectivity index (χ0n) is 11.2. The lowest BCUT2D eigenvalue weighted by atomic mass is 10.2. The zero-order valence-corrected chi connectivity index (χ0v) is 11.2. The van der Waals surface area contributed by atoms with Gasteiger partial charge in [0.1, 0.15) is 5.82 Å². The van der Waals surface area contributed by atoms with Gasteiger partial charge in [-0.3, -0.25) is 9.58 Å². The van der Waals surface area contributed by atoms with Crippen LogP contribution in [-0.4, -0.2) is 34.3 Å².